The average molecular weight is 193 g/mol. The van der Waals surface area contributed by atoms with Gasteiger partial charge in [-0.25, -0.2) is 0 Å². The molecule has 1 aliphatic rings. The summed E-state index contributed by atoms with van der Waals surface area (Å²) in [6, 6.07) is 0. The van der Waals surface area contributed by atoms with E-state index in [2.05, 4.69) is 0 Å². The molecule has 0 atom stereocenters. The first-order valence-electron chi connectivity index (χ1n) is 3.27. The first-order valence-corrected chi connectivity index (χ1v) is 3.27. The van der Waals surface area contributed by atoms with Gasteiger partial charge in [0.25, 0.3) is 0 Å². The smallest absolute Gasteiger partial charge is 0.0882 e. The van der Waals surface area contributed by atoms with Crippen LogP contribution in [-0.2, 0) is 0 Å². The lowest BCUT2D eigenvalue weighted by Gasteiger charge is -1.90. The van der Waals surface area contributed by atoms with Crippen LogP contribution in [0, 0.1) is 0 Å². The molecule has 0 radical (unpaired) electrons. The Balaban J connectivity index is 0.000000640. The largest absolute Gasteiger partial charge is 0.513 e. The van der Waals surface area contributed by atoms with Gasteiger partial charge in [-0.15, -0.1) is 17.0 Å². The van der Waals surface area contributed by atoms with Gasteiger partial charge in [-0.3, -0.25) is 0 Å². The zero-order valence-electron chi connectivity index (χ0n) is 5.47. The quantitative estimate of drug-likeness (QED) is 0.626. The first-order chi connectivity index (χ1) is 3.89. The summed E-state index contributed by atoms with van der Waals surface area (Å²) in [6.07, 6.45) is 7.62. The SMILES string of the molecule is Br.OC1=CCCCCC1. The van der Waals surface area contributed by atoms with Crippen molar-refractivity contribution < 1.29 is 5.11 Å². The Kier molecular flexibility index (Phi) is 4.87. The lowest BCUT2D eigenvalue weighted by molar-refractivity contribution is 0.385. The Morgan fingerprint density at radius 2 is 2.00 bits per heavy atom. The van der Waals surface area contributed by atoms with Crippen LogP contribution in [-0.4, -0.2) is 5.11 Å². The van der Waals surface area contributed by atoms with Gasteiger partial charge in [0.05, 0.1) is 5.76 Å². The summed E-state index contributed by atoms with van der Waals surface area (Å²) in [5, 5.41) is 8.95. The molecule has 0 fully saturated rings. The topological polar surface area (TPSA) is 20.2 Å². The number of rotatable bonds is 0. The number of allylic oxidation sites excluding steroid dienone is 2. The number of aliphatic hydroxyl groups excluding tert-OH is 1. The Bertz CT molecular complexity index is 99.1. The standard InChI is InChI=1S/C7H12O.BrH/c8-7-5-3-1-2-4-6-7;/h5,8H,1-4,6H2;1H. The van der Waals surface area contributed by atoms with Crippen molar-refractivity contribution in [2.24, 2.45) is 0 Å². The molecule has 0 bridgehead atoms. The van der Waals surface area contributed by atoms with Crippen LogP contribution >= 0.6 is 17.0 Å². The molecule has 0 aromatic heterocycles. The van der Waals surface area contributed by atoms with E-state index in [1.807, 2.05) is 6.08 Å². The molecule has 0 amide bonds. The Labute approximate surface area is 66.5 Å². The fourth-order valence-electron chi connectivity index (χ4n) is 0.998. The van der Waals surface area contributed by atoms with Gasteiger partial charge in [0.1, 0.15) is 0 Å². The fourth-order valence-corrected chi connectivity index (χ4v) is 0.998. The van der Waals surface area contributed by atoms with E-state index in [1.165, 1.54) is 19.3 Å². The maximum absolute atomic E-state index is 8.95. The van der Waals surface area contributed by atoms with Crippen LogP contribution in [0.4, 0.5) is 0 Å². The van der Waals surface area contributed by atoms with E-state index in [4.69, 9.17) is 5.11 Å². The molecule has 0 spiro atoms. The van der Waals surface area contributed by atoms with Gasteiger partial charge in [0.15, 0.2) is 0 Å². The van der Waals surface area contributed by atoms with Crippen LogP contribution in [0.15, 0.2) is 11.8 Å². The van der Waals surface area contributed by atoms with Gasteiger partial charge in [-0.1, -0.05) is 6.42 Å². The molecule has 9 heavy (non-hydrogen) atoms. The minimum Gasteiger partial charge on any atom is -0.513 e. The van der Waals surface area contributed by atoms with Crippen molar-refractivity contribution in [3.05, 3.63) is 11.8 Å². The molecule has 1 N–H and O–H groups in total. The van der Waals surface area contributed by atoms with Crippen molar-refractivity contribution in [3.63, 3.8) is 0 Å². The summed E-state index contributed by atoms with van der Waals surface area (Å²) in [5.74, 6) is 0.600. The van der Waals surface area contributed by atoms with Gasteiger partial charge in [-0.2, -0.15) is 0 Å². The average Bonchev–Trinajstić information content (AvgIpc) is 1.94. The third kappa shape index (κ3) is 3.57. The number of aliphatic hydroxyl groups is 1. The number of hydrogen-bond donors (Lipinski definition) is 1. The van der Waals surface area contributed by atoms with Crippen molar-refractivity contribution in [1.29, 1.82) is 0 Å². The van der Waals surface area contributed by atoms with E-state index < -0.39 is 0 Å². The van der Waals surface area contributed by atoms with Gasteiger partial charge in [0, 0.05) is 6.42 Å². The van der Waals surface area contributed by atoms with Crippen molar-refractivity contribution in [3.8, 4) is 0 Å². The Morgan fingerprint density at radius 1 is 1.22 bits per heavy atom. The predicted molar refractivity (Wildman–Crippen MR) is 44.1 cm³/mol. The second kappa shape index (κ2) is 4.86. The normalized spacial score (nSPS) is 19.3. The monoisotopic (exact) mass is 192 g/mol. The predicted octanol–water partition coefficient (Wildman–Crippen LogP) is 2.97. The summed E-state index contributed by atoms with van der Waals surface area (Å²) in [7, 11) is 0. The highest BCUT2D eigenvalue weighted by Crippen LogP contribution is 2.13. The number of hydrogen-bond acceptors (Lipinski definition) is 1. The van der Waals surface area contributed by atoms with Crippen molar-refractivity contribution in [1.82, 2.24) is 0 Å². The second-order valence-corrected chi connectivity index (χ2v) is 2.29. The summed E-state index contributed by atoms with van der Waals surface area (Å²) in [4.78, 5) is 0. The molecule has 0 heterocycles. The van der Waals surface area contributed by atoms with E-state index in [0.29, 0.717) is 5.76 Å². The van der Waals surface area contributed by atoms with Crippen molar-refractivity contribution in [2.45, 2.75) is 32.1 Å². The van der Waals surface area contributed by atoms with E-state index >= 15 is 0 Å². The number of halogens is 1. The third-order valence-electron chi connectivity index (χ3n) is 1.52. The molecule has 0 saturated heterocycles. The fraction of sp³-hybridized carbons (Fsp3) is 0.714. The summed E-state index contributed by atoms with van der Waals surface area (Å²) >= 11 is 0. The molecule has 1 aliphatic carbocycles. The Hall–Kier alpha value is 0.0200. The molecular weight excluding hydrogens is 180 g/mol. The van der Waals surface area contributed by atoms with E-state index in [-0.39, 0.29) is 17.0 Å². The lowest BCUT2D eigenvalue weighted by atomic mass is 10.2. The molecule has 2 heteroatoms. The highest BCUT2D eigenvalue weighted by atomic mass is 79.9. The van der Waals surface area contributed by atoms with Gasteiger partial charge >= 0.3 is 0 Å². The maximum Gasteiger partial charge on any atom is 0.0882 e. The highest BCUT2D eigenvalue weighted by Gasteiger charge is 1.97. The Morgan fingerprint density at radius 3 is 2.78 bits per heavy atom. The lowest BCUT2D eigenvalue weighted by Crippen LogP contribution is -1.75. The zero-order chi connectivity index (χ0) is 5.82. The second-order valence-electron chi connectivity index (χ2n) is 2.29. The van der Waals surface area contributed by atoms with E-state index in [9.17, 15) is 0 Å². The van der Waals surface area contributed by atoms with Crippen molar-refractivity contribution in [2.75, 3.05) is 0 Å². The van der Waals surface area contributed by atoms with Gasteiger partial charge in [-0.05, 0) is 25.3 Å². The molecule has 1 nitrogen and oxygen atoms in total. The van der Waals surface area contributed by atoms with E-state index in [0.717, 1.165) is 12.8 Å². The van der Waals surface area contributed by atoms with Crippen LogP contribution in [0.5, 0.6) is 0 Å². The molecule has 54 valence electrons. The van der Waals surface area contributed by atoms with Crippen LogP contribution < -0.4 is 0 Å². The summed E-state index contributed by atoms with van der Waals surface area (Å²) in [6.45, 7) is 0. The van der Waals surface area contributed by atoms with Crippen LogP contribution in [0.25, 0.3) is 0 Å². The van der Waals surface area contributed by atoms with Crippen molar-refractivity contribution >= 4 is 17.0 Å². The molecule has 1 rings (SSSR count). The molecule has 0 aliphatic heterocycles. The van der Waals surface area contributed by atoms with Crippen LogP contribution in [0.1, 0.15) is 32.1 Å². The minimum atomic E-state index is 0. The third-order valence-corrected chi connectivity index (χ3v) is 1.52. The van der Waals surface area contributed by atoms with Crippen LogP contribution in [0.2, 0.25) is 0 Å². The zero-order valence-corrected chi connectivity index (χ0v) is 7.18. The van der Waals surface area contributed by atoms with E-state index in [1.54, 1.807) is 0 Å². The highest BCUT2D eigenvalue weighted by molar-refractivity contribution is 8.93. The molecule has 0 unspecified atom stereocenters. The summed E-state index contributed by atoms with van der Waals surface area (Å²) < 4.78 is 0. The van der Waals surface area contributed by atoms with Gasteiger partial charge < -0.3 is 5.11 Å². The first kappa shape index (κ1) is 9.02. The minimum absolute atomic E-state index is 0. The molecular formula is C7H13BrO. The molecule has 0 saturated carbocycles. The molecule has 0 aromatic carbocycles. The van der Waals surface area contributed by atoms with Crippen LogP contribution in [0.3, 0.4) is 0 Å². The molecule has 0 aromatic rings. The maximum atomic E-state index is 8.95. The van der Waals surface area contributed by atoms with Gasteiger partial charge in [0.2, 0.25) is 0 Å². The summed E-state index contributed by atoms with van der Waals surface area (Å²) in [5.41, 5.74) is 0.